The van der Waals surface area contributed by atoms with E-state index >= 15 is 0 Å². The van der Waals surface area contributed by atoms with E-state index in [2.05, 4.69) is 5.32 Å². The maximum absolute atomic E-state index is 11.9. The van der Waals surface area contributed by atoms with Crippen LogP contribution in [-0.4, -0.2) is 35.1 Å². The predicted molar refractivity (Wildman–Crippen MR) is 76.9 cm³/mol. The highest BCUT2D eigenvalue weighted by molar-refractivity contribution is 5.90. The SMILES string of the molecule is CC(C)N(C)C(=O)Nc1ccc(C2(C(=O)O)CC2)cc1. The molecule has 1 aliphatic rings. The fourth-order valence-corrected chi connectivity index (χ4v) is 2.07. The summed E-state index contributed by atoms with van der Waals surface area (Å²) in [5.41, 5.74) is 0.782. The Kier molecular flexibility index (Phi) is 3.70. The van der Waals surface area contributed by atoms with Crippen LogP contribution in [0.3, 0.4) is 0 Å². The molecule has 0 bridgehead atoms. The minimum absolute atomic E-state index is 0.121. The van der Waals surface area contributed by atoms with Crippen molar-refractivity contribution in [3.63, 3.8) is 0 Å². The fraction of sp³-hybridized carbons (Fsp3) is 0.467. The molecule has 1 aromatic rings. The first-order valence-corrected chi connectivity index (χ1v) is 6.74. The van der Waals surface area contributed by atoms with E-state index in [1.54, 1.807) is 36.2 Å². The van der Waals surface area contributed by atoms with Gasteiger partial charge in [-0.05, 0) is 44.4 Å². The summed E-state index contributed by atoms with van der Waals surface area (Å²) in [5, 5.41) is 12.0. The lowest BCUT2D eigenvalue weighted by Gasteiger charge is -2.22. The maximum Gasteiger partial charge on any atom is 0.321 e. The number of rotatable bonds is 4. The molecule has 0 radical (unpaired) electrons. The molecule has 0 unspecified atom stereocenters. The number of carboxylic acid groups (broad SMARTS) is 1. The number of benzene rings is 1. The molecule has 0 saturated heterocycles. The van der Waals surface area contributed by atoms with E-state index in [9.17, 15) is 14.7 Å². The number of anilines is 1. The minimum atomic E-state index is -0.770. The average molecular weight is 276 g/mol. The Hall–Kier alpha value is -2.04. The highest BCUT2D eigenvalue weighted by Crippen LogP contribution is 2.48. The second-order valence-electron chi connectivity index (χ2n) is 5.60. The van der Waals surface area contributed by atoms with E-state index in [-0.39, 0.29) is 12.1 Å². The molecule has 1 saturated carbocycles. The summed E-state index contributed by atoms with van der Waals surface area (Å²) in [6.45, 7) is 3.87. The largest absolute Gasteiger partial charge is 0.481 e. The Balaban J connectivity index is 2.06. The van der Waals surface area contributed by atoms with Crippen molar-refractivity contribution < 1.29 is 14.7 Å². The highest BCUT2D eigenvalue weighted by atomic mass is 16.4. The number of amides is 2. The topological polar surface area (TPSA) is 69.6 Å². The Morgan fingerprint density at radius 2 is 1.80 bits per heavy atom. The molecule has 1 aliphatic carbocycles. The van der Waals surface area contributed by atoms with Gasteiger partial charge in [-0.15, -0.1) is 0 Å². The number of carbonyl (C=O) groups excluding carboxylic acids is 1. The van der Waals surface area contributed by atoms with Crippen LogP contribution in [0.1, 0.15) is 32.3 Å². The summed E-state index contributed by atoms with van der Waals surface area (Å²) >= 11 is 0. The minimum Gasteiger partial charge on any atom is -0.481 e. The van der Waals surface area contributed by atoms with Crippen LogP contribution in [0, 0.1) is 0 Å². The fourth-order valence-electron chi connectivity index (χ4n) is 2.07. The van der Waals surface area contributed by atoms with Crippen molar-refractivity contribution in [2.45, 2.75) is 38.1 Å². The quantitative estimate of drug-likeness (QED) is 0.888. The molecule has 2 rings (SSSR count). The molecule has 0 atom stereocenters. The number of urea groups is 1. The molecular formula is C15H20N2O3. The van der Waals surface area contributed by atoms with Crippen molar-refractivity contribution in [3.05, 3.63) is 29.8 Å². The number of nitrogens with one attached hydrogen (secondary N) is 1. The molecule has 2 amide bonds. The van der Waals surface area contributed by atoms with Gasteiger partial charge in [0.2, 0.25) is 0 Å². The summed E-state index contributed by atoms with van der Waals surface area (Å²) in [6, 6.07) is 7.02. The van der Waals surface area contributed by atoms with Gasteiger partial charge in [0.1, 0.15) is 0 Å². The van der Waals surface area contributed by atoms with Gasteiger partial charge in [-0.25, -0.2) is 4.79 Å². The molecule has 0 aliphatic heterocycles. The van der Waals surface area contributed by atoms with Crippen LogP contribution >= 0.6 is 0 Å². The van der Waals surface area contributed by atoms with Crippen molar-refractivity contribution in [2.24, 2.45) is 0 Å². The number of aliphatic carboxylic acids is 1. The van der Waals surface area contributed by atoms with Crippen molar-refractivity contribution in [1.29, 1.82) is 0 Å². The first kappa shape index (κ1) is 14.4. The van der Waals surface area contributed by atoms with Crippen LogP contribution in [0.15, 0.2) is 24.3 Å². The zero-order chi connectivity index (χ0) is 14.9. The average Bonchev–Trinajstić information content (AvgIpc) is 3.20. The maximum atomic E-state index is 11.9. The molecule has 5 heteroatoms. The molecular weight excluding hydrogens is 256 g/mol. The third-order valence-electron chi connectivity index (χ3n) is 3.94. The van der Waals surface area contributed by atoms with Crippen molar-refractivity contribution in [2.75, 3.05) is 12.4 Å². The number of hydrogen-bond donors (Lipinski definition) is 2. The normalized spacial score (nSPS) is 15.8. The van der Waals surface area contributed by atoms with Crippen LogP contribution in [0.5, 0.6) is 0 Å². The summed E-state index contributed by atoms with van der Waals surface area (Å²) in [5.74, 6) is -0.770. The predicted octanol–water partition coefficient (Wildman–Crippen LogP) is 2.67. The number of nitrogens with zero attached hydrogens (tertiary/aromatic N) is 1. The van der Waals surface area contributed by atoms with Crippen molar-refractivity contribution in [1.82, 2.24) is 4.90 Å². The molecule has 1 fully saturated rings. The summed E-state index contributed by atoms with van der Waals surface area (Å²) in [7, 11) is 1.73. The van der Waals surface area contributed by atoms with Crippen LogP contribution in [-0.2, 0) is 10.2 Å². The summed E-state index contributed by atoms with van der Waals surface area (Å²) < 4.78 is 0. The monoisotopic (exact) mass is 276 g/mol. The van der Waals surface area contributed by atoms with Crippen LogP contribution in [0.2, 0.25) is 0 Å². The number of hydrogen-bond acceptors (Lipinski definition) is 2. The summed E-state index contributed by atoms with van der Waals surface area (Å²) in [6.07, 6.45) is 1.37. The lowest BCUT2D eigenvalue weighted by Crippen LogP contribution is -2.36. The second-order valence-corrected chi connectivity index (χ2v) is 5.60. The van der Waals surface area contributed by atoms with Gasteiger partial charge >= 0.3 is 12.0 Å². The first-order chi connectivity index (χ1) is 9.36. The second kappa shape index (κ2) is 5.15. The zero-order valence-electron chi connectivity index (χ0n) is 12.0. The zero-order valence-corrected chi connectivity index (χ0v) is 12.0. The molecule has 2 N–H and O–H groups in total. The molecule has 1 aromatic carbocycles. The summed E-state index contributed by atoms with van der Waals surface area (Å²) in [4.78, 5) is 24.7. The molecule has 0 spiro atoms. The number of carboxylic acids is 1. The Morgan fingerprint density at radius 3 is 2.20 bits per heavy atom. The van der Waals surface area contributed by atoms with E-state index in [1.165, 1.54) is 0 Å². The molecule has 0 aromatic heterocycles. The van der Waals surface area contributed by atoms with Gasteiger partial charge in [0, 0.05) is 18.8 Å². The lowest BCUT2D eigenvalue weighted by atomic mass is 9.96. The third kappa shape index (κ3) is 2.61. The Morgan fingerprint density at radius 1 is 1.25 bits per heavy atom. The van der Waals surface area contributed by atoms with Gasteiger partial charge in [-0.3, -0.25) is 4.79 Å². The van der Waals surface area contributed by atoms with Crippen LogP contribution in [0.4, 0.5) is 10.5 Å². The van der Waals surface area contributed by atoms with Crippen molar-refractivity contribution >= 4 is 17.7 Å². The highest BCUT2D eigenvalue weighted by Gasteiger charge is 2.51. The molecule has 5 nitrogen and oxygen atoms in total. The van der Waals surface area contributed by atoms with E-state index in [4.69, 9.17) is 0 Å². The molecule has 0 heterocycles. The van der Waals surface area contributed by atoms with Crippen LogP contribution in [0.25, 0.3) is 0 Å². The first-order valence-electron chi connectivity index (χ1n) is 6.74. The Labute approximate surface area is 118 Å². The molecule has 20 heavy (non-hydrogen) atoms. The van der Waals surface area contributed by atoms with Gasteiger partial charge in [0.05, 0.1) is 5.41 Å². The van der Waals surface area contributed by atoms with E-state index < -0.39 is 11.4 Å². The van der Waals surface area contributed by atoms with Gasteiger partial charge in [-0.1, -0.05) is 12.1 Å². The molecule has 108 valence electrons. The lowest BCUT2D eigenvalue weighted by molar-refractivity contribution is -0.140. The van der Waals surface area contributed by atoms with Crippen molar-refractivity contribution in [3.8, 4) is 0 Å². The van der Waals surface area contributed by atoms with E-state index in [0.717, 1.165) is 5.56 Å². The van der Waals surface area contributed by atoms with Gasteiger partial charge < -0.3 is 15.3 Å². The number of carbonyl (C=O) groups is 2. The Bertz CT molecular complexity index is 518. The van der Waals surface area contributed by atoms with E-state index in [0.29, 0.717) is 18.5 Å². The van der Waals surface area contributed by atoms with Gasteiger partial charge in [0.15, 0.2) is 0 Å². The van der Waals surface area contributed by atoms with Gasteiger partial charge in [0.25, 0.3) is 0 Å². The smallest absolute Gasteiger partial charge is 0.321 e. The van der Waals surface area contributed by atoms with Crippen LogP contribution < -0.4 is 5.32 Å². The van der Waals surface area contributed by atoms with E-state index in [1.807, 2.05) is 13.8 Å². The third-order valence-corrected chi connectivity index (χ3v) is 3.94. The standard InChI is InChI=1S/C15H20N2O3/c1-10(2)17(3)14(20)16-12-6-4-11(5-7-12)15(8-9-15)13(18)19/h4-7,10H,8-9H2,1-3H3,(H,16,20)(H,18,19). The van der Waals surface area contributed by atoms with Gasteiger partial charge in [-0.2, -0.15) is 0 Å².